The van der Waals surface area contributed by atoms with Gasteiger partial charge in [-0.2, -0.15) is 0 Å². The maximum atomic E-state index is 10.5. The van der Waals surface area contributed by atoms with E-state index in [1.54, 1.807) is 0 Å². The summed E-state index contributed by atoms with van der Waals surface area (Å²) in [5, 5.41) is 0. The summed E-state index contributed by atoms with van der Waals surface area (Å²) in [6.45, 7) is 4.72. The fourth-order valence-electron chi connectivity index (χ4n) is 1.93. The van der Waals surface area contributed by atoms with Gasteiger partial charge in [-0.3, -0.25) is 9.69 Å². The first kappa shape index (κ1) is 10.5. The molecular weight excluding hydrogens is 166 g/mol. The summed E-state index contributed by atoms with van der Waals surface area (Å²) in [7, 11) is 0. The Morgan fingerprint density at radius 1 is 1.54 bits per heavy atom. The highest BCUT2D eigenvalue weighted by Crippen LogP contribution is 2.22. The van der Waals surface area contributed by atoms with Gasteiger partial charge in [-0.05, 0) is 6.42 Å². The molecule has 0 bridgehead atoms. The van der Waals surface area contributed by atoms with Gasteiger partial charge in [-0.15, -0.1) is 0 Å². The Bertz CT molecular complexity index is 187. The Hall–Kier alpha value is -0.610. The highest BCUT2D eigenvalue weighted by Gasteiger charge is 2.37. The number of carbonyl (C=O) groups excluding carboxylic acids is 1. The summed E-state index contributed by atoms with van der Waals surface area (Å²) in [6, 6.07) is 0. The van der Waals surface area contributed by atoms with E-state index in [0.29, 0.717) is 6.42 Å². The van der Waals surface area contributed by atoms with Crippen molar-refractivity contribution in [2.24, 2.45) is 11.5 Å². The molecule has 0 aromatic carbocycles. The van der Waals surface area contributed by atoms with E-state index >= 15 is 0 Å². The zero-order valence-corrected chi connectivity index (χ0v) is 8.25. The second kappa shape index (κ2) is 4.07. The number of nitrogens with two attached hydrogens (primary N) is 2. The molecule has 0 aromatic heterocycles. The van der Waals surface area contributed by atoms with Crippen molar-refractivity contribution in [3.05, 3.63) is 0 Å². The van der Waals surface area contributed by atoms with Crippen LogP contribution in [0.3, 0.4) is 0 Å². The van der Waals surface area contributed by atoms with Crippen LogP contribution in [0, 0.1) is 0 Å². The fourth-order valence-corrected chi connectivity index (χ4v) is 1.93. The lowest BCUT2D eigenvalue weighted by Gasteiger charge is -2.47. The number of hydrogen-bond donors (Lipinski definition) is 2. The molecule has 1 saturated heterocycles. The molecule has 4 N–H and O–H groups in total. The molecule has 1 amide bonds. The second-order valence-electron chi connectivity index (χ2n) is 4.04. The molecule has 76 valence electrons. The molecule has 0 unspecified atom stereocenters. The monoisotopic (exact) mass is 185 g/mol. The Kier molecular flexibility index (Phi) is 3.27. The van der Waals surface area contributed by atoms with Gasteiger partial charge in [0.2, 0.25) is 5.91 Å². The molecule has 0 aliphatic carbocycles. The van der Waals surface area contributed by atoms with Crippen molar-refractivity contribution in [3.8, 4) is 0 Å². The summed E-state index contributed by atoms with van der Waals surface area (Å²) < 4.78 is 0. The third-order valence-corrected chi connectivity index (χ3v) is 2.50. The third kappa shape index (κ3) is 2.97. The average Bonchev–Trinajstić information content (AvgIpc) is 1.97. The van der Waals surface area contributed by atoms with Gasteiger partial charge in [0.25, 0.3) is 0 Å². The van der Waals surface area contributed by atoms with Gasteiger partial charge in [-0.25, -0.2) is 0 Å². The Balaban J connectivity index is 2.13. The van der Waals surface area contributed by atoms with Gasteiger partial charge < -0.3 is 11.5 Å². The third-order valence-electron chi connectivity index (χ3n) is 2.50. The molecular formula is C9H19N3O. The van der Waals surface area contributed by atoms with E-state index in [4.69, 9.17) is 11.5 Å². The van der Waals surface area contributed by atoms with Crippen LogP contribution in [0.5, 0.6) is 0 Å². The van der Waals surface area contributed by atoms with E-state index in [2.05, 4.69) is 11.8 Å². The molecule has 13 heavy (non-hydrogen) atoms. The van der Waals surface area contributed by atoms with Gasteiger partial charge in [0.15, 0.2) is 0 Å². The Morgan fingerprint density at radius 2 is 2.15 bits per heavy atom. The van der Waals surface area contributed by atoms with E-state index in [1.807, 2.05) is 0 Å². The van der Waals surface area contributed by atoms with Crippen LogP contribution < -0.4 is 11.5 Å². The van der Waals surface area contributed by atoms with E-state index in [0.717, 1.165) is 32.5 Å². The molecule has 0 saturated carbocycles. The van der Waals surface area contributed by atoms with E-state index in [1.165, 1.54) is 0 Å². The van der Waals surface area contributed by atoms with Crippen LogP contribution in [0.1, 0.15) is 26.2 Å². The van der Waals surface area contributed by atoms with E-state index in [-0.39, 0.29) is 11.4 Å². The topological polar surface area (TPSA) is 72.3 Å². The second-order valence-corrected chi connectivity index (χ2v) is 4.04. The maximum Gasteiger partial charge on any atom is 0.218 e. The standard InChI is InChI=1S/C9H19N3O/c1-2-4-9(11)6-12(7-9)5-3-8(10)13/h2-7,11H2,1H3,(H2,10,13). The van der Waals surface area contributed by atoms with E-state index in [9.17, 15) is 4.79 Å². The van der Waals surface area contributed by atoms with Crippen molar-refractivity contribution < 1.29 is 4.79 Å². The molecule has 4 heteroatoms. The molecule has 0 radical (unpaired) electrons. The summed E-state index contributed by atoms with van der Waals surface area (Å²) in [5.74, 6) is -0.231. The largest absolute Gasteiger partial charge is 0.370 e. The normalized spacial score (nSPS) is 21.1. The van der Waals surface area contributed by atoms with Crippen molar-refractivity contribution in [2.45, 2.75) is 31.7 Å². The SMILES string of the molecule is CCCC1(N)CN(CCC(N)=O)C1. The van der Waals surface area contributed by atoms with Gasteiger partial charge in [-0.1, -0.05) is 13.3 Å². The first-order valence-electron chi connectivity index (χ1n) is 4.85. The molecule has 1 aliphatic heterocycles. The number of likely N-dealkylation sites (tertiary alicyclic amines) is 1. The van der Waals surface area contributed by atoms with Gasteiger partial charge in [0, 0.05) is 31.6 Å². The van der Waals surface area contributed by atoms with Crippen LogP contribution in [0.2, 0.25) is 0 Å². The smallest absolute Gasteiger partial charge is 0.218 e. The average molecular weight is 185 g/mol. The lowest BCUT2D eigenvalue weighted by molar-refractivity contribution is -0.118. The van der Waals surface area contributed by atoms with Gasteiger partial charge >= 0.3 is 0 Å². The first-order valence-corrected chi connectivity index (χ1v) is 4.85. The predicted molar refractivity (Wildman–Crippen MR) is 52.1 cm³/mol. The summed E-state index contributed by atoms with van der Waals surface area (Å²) in [5.41, 5.74) is 11.1. The van der Waals surface area contributed by atoms with Crippen molar-refractivity contribution in [2.75, 3.05) is 19.6 Å². The van der Waals surface area contributed by atoms with Crippen molar-refractivity contribution in [3.63, 3.8) is 0 Å². The molecule has 1 rings (SSSR count). The molecule has 1 fully saturated rings. The number of hydrogen-bond acceptors (Lipinski definition) is 3. The highest BCUT2D eigenvalue weighted by atomic mass is 16.1. The van der Waals surface area contributed by atoms with E-state index < -0.39 is 0 Å². The van der Waals surface area contributed by atoms with Crippen molar-refractivity contribution in [1.82, 2.24) is 4.90 Å². The maximum absolute atomic E-state index is 10.5. The zero-order chi connectivity index (χ0) is 9.90. The fraction of sp³-hybridized carbons (Fsp3) is 0.889. The van der Waals surface area contributed by atoms with Crippen LogP contribution in [-0.4, -0.2) is 36.0 Å². The number of carbonyl (C=O) groups is 1. The van der Waals surface area contributed by atoms with Crippen molar-refractivity contribution in [1.29, 1.82) is 0 Å². The van der Waals surface area contributed by atoms with Crippen LogP contribution in [0.15, 0.2) is 0 Å². The van der Waals surface area contributed by atoms with Crippen molar-refractivity contribution >= 4 is 5.91 Å². The van der Waals surface area contributed by atoms with Crippen LogP contribution >= 0.6 is 0 Å². The highest BCUT2D eigenvalue weighted by molar-refractivity contribution is 5.73. The first-order chi connectivity index (χ1) is 6.06. The molecule has 0 atom stereocenters. The van der Waals surface area contributed by atoms with Gasteiger partial charge in [0.1, 0.15) is 0 Å². The Morgan fingerprint density at radius 3 is 2.62 bits per heavy atom. The molecule has 0 aromatic rings. The zero-order valence-electron chi connectivity index (χ0n) is 8.25. The lowest BCUT2D eigenvalue weighted by Crippen LogP contribution is -2.67. The number of amides is 1. The molecule has 0 spiro atoms. The summed E-state index contributed by atoms with van der Waals surface area (Å²) >= 11 is 0. The summed E-state index contributed by atoms with van der Waals surface area (Å²) in [6.07, 6.45) is 2.64. The molecule has 1 heterocycles. The van der Waals surface area contributed by atoms with Crippen LogP contribution in [-0.2, 0) is 4.79 Å². The summed E-state index contributed by atoms with van der Waals surface area (Å²) in [4.78, 5) is 12.7. The minimum absolute atomic E-state index is 0.00635. The quantitative estimate of drug-likeness (QED) is 0.616. The number of primary amides is 1. The minimum Gasteiger partial charge on any atom is -0.370 e. The lowest BCUT2D eigenvalue weighted by atomic mass is 9.86. The van der Waals surface area contributed by atoms with Gasteiger partial charge in [0.05, 0.1) is 0 Å². The predicted octanol–water partition coefficient (Wildman–Crippen LogP) is -0.325. The number of rotatable bonds is 5. The Labute approximate surface area is 79.3 Å². The van der Waals surface area contributed by atoms with Crippen LogP contribution in [0.4, 0.5) is 0 Å². The number of nitrogens with zero attached hydrogens (tertiary/aromatic N) is 1. The molecule has 1 aliphatic rings. The van der Waals surface area contributed by atoms with Crippen LogP contribution in [0.25, 0.3) is 0 Å². The molecule has 4 nitrogen and oxygen atoms in total. The minimum atomic E-state index is -0.231.